The third-order valence-electron chi connectivity index (χ3n) is 2.96. The highest BCUT2D eigenvalue weighted by molar-refractivity contribution is 7.11. The maximum Gasteiger partial charge on any atom is 0.345 e. The van der Waals surface area contributed by atoms with Gasteiger partial charge < -0.3 is 20.1 Å². The fourth-order valence-corrected chi connectivity index (χ4v) is 2.81. The maximum atomic E-state index is 12.0. The molecule has 0 aliphatic heterocycles. The number of carbonyl (C=O) groups excluding carboxylic acids is 1. The first-order valence-corrected chi connectivity index (χ1v) is 7.14. The van der Waals surface area contributed by atoms with Crippen LogP contribution in [0.3, 0.4) is 0 Å². The number of esters is 1. The van der Waals surface area contributed by atoms with E-state index in [0.717, 1.165) is 24.4 Å². The van der Waals surface area contributed by atoms with Gasteiger partial charge in [0.2, 0.25) is 0 Å². The highest BCUT2D eigenvalue weighted by atomic mass is 32.1. The van der Waals surface area contributed by atoms with Crippen LogP contribution in [0.5, 0.6) is 0 Å². The molecule has 0 unspecified atom stereocenters. The van der Waals surface area contributed by atoms with E-state index in [-0.39, 0.29) is 5.82 Å². The SMILES string of the molecule is CCOC(=O)c1c(N)nsc1N(CCOC)C1CC1. The second-order valence-corrected chi connectivity index (χ2v) is 5.14. The molecule has 2 N–H and O–H groups in total. The highest BCUT2D eigenvalue weighted by Crippen LogP contribution is 2.38. The Kier molecular flexibility index (Phi) is 4.60. The number of nitrogen functional groups attached to an aromatic ring is 1. The minimum absolute atomic E-state index is 0.251. The van der Waals surface area contributed by atoms with Gasteiger partial charge in [0.05, 0.1) is 13.2 Å². The molecule has 1 aliphatic carbocycles. The van der Waals surface area contributed by atoms with Crippen LogP contribution in [0.15, 0.2) is 0 Å². The Morgan fingerprint density at radius 3 is 2.89 bits per heavy atom. The molecule has 1 heterocycles. The van der Waals surface area contributed by atoms with Crippen molar-refractivity contribution in [1.29, 1.82) is 0 Å². The normalized spacial score (nSPS) is 14.4. The Bertz CT molecular complexity index is 445. The van der Waals surface area contributed by atoms with E-state index in [4.69, 9.17) is 15.2 Å². The molecule has 19 heavy (non-hydrogen) atoms. The summed E-state index contributed by atoms with van der Waals surface area (Å²) in [6, 6.07) is 0.461. The molecule has 7 heteroatoms. The molecule has 0 atom stereocenters. The lowest BCUT2D eigenvalue weighted by molar-refractivity contribution is 0.0528. The lowest BCUT2D eigenvalue weighted by atomic mass is 10.3. The fraction of sp³-hybridized carbons (Fsp3) is 0.667. The zero-order valence-corrected chi connectivity index (χ0v) is 12.0. The topological polar surface area (TPSA) is 77.7 Å². The first kappa shape index (κ1) is 14.1. The molecule has 6 nitrogen and oxygen atoms in total. The van der Waals surface area contributed by atoms with Gasteiger partial charge in [0.15, 0.2) is 5.82 Å². The van der Waals surface area contributed by atoms with Crippen LogP contribution in [0.1, 0.15) is 30.1 Å². The molecule has 0 amide bonds. The molecule has 0 aromatic carbocycles. The van der Waals surface area contributed by atoms with Crippen LogP contribution in [0.2, 0.25) is 0 Å². The van der Waals surface area contributed by atoms with Crippen LogP contribution >= 0.6 is 11.5 Å². The zero-order valence-electron chi connectivity index (χ0n) is 11.2. The van der Waals surface area contributed by atoms with Gasteiger partial charge in [0.25, 0.3) is 0 Å². The van der Waals surface area contributed by atoms with Crippen molar-refractivity contribution in [3.8, 4) is 0 Å². The number of carbonyl (C=O) groups is 1. The van der Waals surface area contributed by atoms with Crippen molar-refractivity contribution in [1.82, 2.24) is 4.37 Å². The Morgan fingerprint density at radius 1 is 1.58 bits per heavy atom. The number of hydrogen-bond donors (Lipinski definition) is 1. The highest BCUT2D eigenvalue weighted by Gasteiger charge is 2.34. The second-order valence-electron chi connectivity index (χ2n) is 4.39. The number of anilines is 2. The monoisotopic (exact) mass is 285 g/mol. The fourth-order valence-electron chi connectivity index (χ4n) is 1.91. The summed E-state index contributed by atoms with van der Waals surface area (Å²) in [7, 11) is 1.67. The van der Waals surface area contributed by atoms with Gasteiger partial charge in [-0.05, 0) is 31.3 Å². The summed E-state index contributed by atoms with van der Waals surface area (Å²) in [5, 5.41) is 0.801. The van der Waals surface area contributed by atoms with E-state index >= 15 is 0 Å². The first-order chi connectivity index (χ1) is 9.19. The van der Waals surface area contributed by atoms with Gasteiger partial charge in [-0.2, -0.15) is 4.37 Å². The van der Waals surface area contributed by atoms with Gasteiger partial charge >= 0.3 is 5.97 Å². The molecule has 0 spiro atoms. The minimum atomic E-state index is -0.396. The van der Waals surface area contributed by atoms with Crippen LogP contribution in [0.25, 0.3) is 0 Å². The lowest BCUT2D eigenvalue weighted by Gasteiger charge is -2.23. The molecule has 1 saturated carbocycles. The van der Waals surface area contributed by atoms with Crippen molar-refractivity contribution in [3.05, 3.63) is 5.56 Å². The van der Waals surface area contributed by atoms with Gasteiger partial charge in [0, 0.05) is 19.7 Å². The number of rotatable bonds is 7. The molecule has 0 saturated heterocycles. The van der Waals surface area contributed by atoms with E-state index in [9.17, 15) is 4.79 Å². The average molecular weight is 285 g/mol. The standard InChI is InChI=1S/C12H19N3O3S/c1-3-18-12(16)9-10(13)14-19-11(9)15(6-7-17-2)8-4-5-8/h8H,3-7H2,1-2H3,(H2,13,14). The van der Waals surface area contributed by atoms with Crippen molar-refractivity contribution >= 4 is 28.3 Å². The van der Waals surface area contributed by atoms with Crippen LogP contribution in [0.4, 0.5) is 10.8 Å². The van der Waals surface area contributed by atoms with E-state index < -0.39 is 5.97 Å². The van der Waals surface area contributed by atoms with Crippen molar-refractivity contribution in [2.45, 2.75) is 25.8 Å². The third kappa shape index (κ3) is 3.16. The second kappa shape index (κ2) is 6.21. The summed E-state index contributed by atoms with van der Waals surface area (Å²) >= 11 is 1.25. The molecular formula is C12H19N3O3S. The predicted molar refractivity (Wildman–Crippen MR) is 74.7 cm³/mol. The molecule has 1 aromatic heterocycles. The zero-order chi connectivity index (χ0) is 13.8. The maximum absolute atomic E-state index is 12.0. The van der Waals surface area contributed by atoms with Crippen molar-refractivity contribution in [2.24, 2.45) is 0 Å². The third-order valence-corrected chi connectivity index (χ3v) is 3.86. The summed E-state index contributed by atoms with van der Waals surface area (Å²) in [5.41, 5.74) is 6.20. The van der Waals surface area contributed by atoms with Crippen LogP contribution in [-0.4, -0.2) is 43.3 Å². The van der Waals surface area contributed by atoms with E-state index in [1.54, 1.807) is 14.0 Å². The predicted octanol–water partition coefficient (Wildman–Crippen LogP) is 1.52. The number of hydrogen-bond acceptors (Lipinski definition) is 7. The minimum Gasteiger partial charge on any atom is -0.462 e. The Hall–Kier alpha value is -1.34. The molecule has 1 aromatic rings. The summed E-state index contributed by atoms with van der Waals surface area (Å²) in [6.45, 7) is 3.44. The molecule has 1 aliphatic rings. The van der Waals surface area contributed by atoms with Gasteiger partial charge in [0.1, 0.15) is 10.6 Å². The number of ether oxygens (including phenoxy) is 2. The summed E-state index contributed by atoms with van der Waals surface area (Å²) in [6.07, 6.45) is 2.26. The van der Waals surface area contributed by atoms with Crippen LogP contribution in [0, 0.1) is 0 Å². The summed E-state index contributed by atoms with van der Waals surface area (Å²) in [4.78, 5) is 14.1. The van der Waals surface area contributed by atoms with Crippen molar-refractivity contribution in [2.75, 3.05) is 37.5 Å². The molecule has 106 valence electrons. The Balaban J connectivity index is 2.23. The molecular weight excluding hydrogens is 266 g/mol. The van der Waals surface area contributed by atoms with Gasteiger partial charge in [-0.25, -0.2) is 4.79 Å². The van der Waals surface area contributed by atoms with E-state index in [2.05, 4.69) is 9.27 Å². The summed E-state index contributed by atoms with van der Waals surface area (Å²) < 4.78 is 14.3. The molecule has 0 radical (unpaired) electrons. The average Bonchev–Trinajstić information content (AvgIpc) is 3.14. The summed E-state index contributed by atoms with van der Waals surface area (Å²) in [5.74, 6) is -0.145. The van der Waals surface area contributed by atoms with Crippen LogP contribution in [-0.2, 0) is 9.47 Å². The first-order valence-electron chi connectivity index (χ1n) is 6.36. The van der Waals surface area contributed by atoms with Crippen molar-refractivity contribution < 1.29 is 14.3 Å². The van der Waals surface area contributed by atoms with Gasteiger partial charge in [-0.15, -0.1) is 0 Å². The van der Waals surface area contributed by atoms with E-state index in [0.29, 0.717) is 24.8 Å². The van der Waals surface area contributed by atoms with Gasteiger partial charge in [-0.3, -0.25) is 0 Å². The molecule has 2 rings (SSSR count). The van der Waals surface area contributed by atoms with Crippen LogP contribution < -0.4 is 10.6 Å². The number of nitrogens with zero attached hydrogens (tertiary/aromatic N) is 2. The van der Waals surface area contributed by atoms with Gasteiger partial charge in [-0.1, -0.05) is 0 Å². The Labute approximate surface area is 116 Å². The van der Waals surface area contributed by atoms with E-state index in [1.165, 1.54) is 11.5 Å². The molecule has 1 fully saturated rings. The lowest BCUT2D eigenvalue weighted by Crippen LogP contribution is -2.30. The smallest absolute Gasteiger partial charge is 0.345 e. The molecule has 0 bridgehead atoms. The number of aromatic nitrogens is 1. The quantitative estimate of drug-likeness (QED) is 0.765. The van der Waals surface area contributed by atoms with E-state index in [1.807, 2.05) is 0 Å². The Morgan fingerprint density at radius 2 is 2.32 bits per heavy atom. The largest absolute Gasteiger partial charge is 0.462 e. The number of nitrogens with two attached hydrogens (primary N) is 1. The van der Waals surface area contributed by atoms with Crippen molar-refractivity contribution in [3.63, 3.8) is 0 Å². The number of methoxy groups -OCH3 is 1.